The van der Waals surface area contributed by atoms with Gasteiger partial charge in [-0.2, -0.15) is 23.1 Å². The highest BCUT2D eigenvalue weighted by Gasteiger charge is 2.31. The van der Waals surface area contributed by atoms with Crippen molar-refractivity contribution < 1.29 is 18.0 Å². The van der Waals surface area contributed by atoms with E-state index in [0.717, 1.165) is 56.3 Å². The van der Waals surface area contributed by atoms with Gasteiger partial charge in [-0.25, -0.2) is 4.98 Å². The number of hydrogen-bond acceptors (Lipinski definition) is 7. The molecule has 2 aromatic heterocycles. The minimum absolute atomic E-state index is 0. The predicted octanol–water partition coefficient (Wildman–Crippen LogP) is 5.33. The number of amides is 1. The monoisotopic (exact) mass is 602 g/mol. The number of aromatic nitrogens is 4. The third-order valence-corrected chi connectivity index (χ3v) is 7.40. The number of alkyl halides is 3. The van der Waals surface area contributed by atoms with Crippen LogP contribution in [-0.4, -0.2) is 50.6 Å². The summed E-state index contributed by atoms with van der Waals surface area (Å²) in [6, 6.07) is 5.22. The van der Waals surface area contributed by atoms with Gasteiger partial charge in [0.25, 0.3) is 5.91 Å². The topological polar surface area (TPSA) is 123 Å². The van der Waals surface area contributed by atoms with Gasteiger partial charge in [-0.05, 0) is 56.7 Å². The van der Waals surface area contributed by atoms with E-state index < -0.39 is 17.6 Å². The molecule has 0 aliphatic heterocycles. The molecule has 5 N–H and O–H groups in total. The van der Waals surface area contributed by atoms with Crippen molar-refractivity contribution in [3.8, 4) is 0 Å². The maximum Gasteiger partial charge on any atom is 0.416 e. The fraction of sp³-hybridized carbons (Fsp3) is 0.538. The number of benzene rings is 1. The highest BCUT2D eigenvalue weighted by Crippen LogP contribution is 2.33. The van der Waals surface area contributed by atoms with Crippen molar-refractivity contribution in [2.24, 2.45) is 5.73 Å². The molecule has 2 saturated carbocycles. The zero-order chi connectivity index (χ0) is 26.7. The quantitative estimate of drug-likeness (QED) is 0.257. The van der Waals surface area contributed by atoms with Crippen molar-refractivity contribution in [2.45, 2.75) is 75.7 Å². The highest BCUT2D eigenvalue weighted by molar-refractivity contribution is 5.94. The lowest BCUT2D eigenvalue weighted by molar-refractivity contribution is -0.137. The average Bonchev–Trinajstić information content (AvgIpc) is 3.57. The molecule has 0 saturated heterocycles. The average molecular weight is 604 g/mol. The number of imidazole rings is 1. The minimum atomic E-state index is -4.51. The van der Waals surface area contributed by atoms with E-state index >= 15 is 0 Å². The first-order chi connectivity index (χ1) is 18.3. The maximum absolute atomic E-state index is 13.0. The predicted molar refractivity (Wildman–Crippen MR) is 153 cm³/mol. The second kappa shape index (κ2) is 13.7. The number of nitrogens with one attached hydrogen (secondary N) is 3. The van der Waals surface area contributed by atoms with Crippen LogP contribution in [0.25, 0.3) is 11.2 Å². The van der Waals surface area contributed by atoms with Crippen LogP contribution >= 0.6 is 24.8 Å². The van der Waals surface area contributed by atoms with Gasteiger partial charge < -0.3 is 26.3 Å². The van der Waals surface area contributed by atoms with Crippen LogP contribution in [0.4, 0.5) is 24.9 Å². The number of halogens is 5. The van der Waals surface area contributed by atoms with Gasteiger partial charge in [-0.15, -0.1) is 24.8 Å². The van der Waals surface area contributed by atoms with Crippen LogP contribution in [0, 0.1) is 0 Å². The summed E-state index contributed by atoms with van der Waals surface area (Å²) >= 11 is 0. The zero-order valence-corrected chi connectivity index (χ0v) is 23.5. The summed E-state index contributed by atoms with van der Waals surface area (Å²) in [5.41, 5.74) is 6.57. The number of carbonyl (C=O) groups excluding carboxylic acids is 1. The molecule has 0 unspecified atom stereocenters. The van der Waals surface area contributed by atoms with E-state index in [1.54, 1.807) is 0 Å². The first-order valence-corrected chi connectivity index (χ1v) is 13.2. The summed E-state index contributed by atoms with van der Waals surface area (Å²) in [5.74, 6) is 0.498. The molecule has 0 radical (unpaired) electrons. The van der Waals surface area contributed by atoms with Crippen molar-refractivity contribution in [1.29, 1.82) is 0 Å². The van der Waals surface area contributed by atoms with Crippen molar-refractivity contribution in [3.63, 3.8) is 0 Å². The molecule has 2 heterocycles. The van der Waals surface area contributed by atoms with Gasteiger partial charge in [0, 0.05) is 36.8 Å². The van der Waals surface area contributed by atoms with Gasteiger partial charge in [0.15, 0.2) is 17.0 Å². The zero-order valence-electron chi connectivity index (χ0n) is 21.9. The van der Waals surface area contributed by atoms with Crippen LogP contribution in [0.1, 0.15) is 73.3 Å². The van der Waals surface area contributed by atoms with Crippen molar-refractivity contribution in [3.05, 3.63) is 41.7 Å². The fourth-order valence-electron chi connectivity index (χ4n) is 5.30. The SMILES string of the molecule is Cl.Cl.N[C@H]1CC[C@H](Nc2nc(NCCNC(=O)c3cccc(C(F)(F)F)c3)c3ncn(C4CCCC4)c3n2)CC1. The summed E-state index contributed by atoms with van der Waals surface area (Å²) in [7, 11) is 0. The lowest BCUT2D eigenvalue weighted by atomic mass is 9.92. The molecular formula is C26H35Cl2F3N8O. The Morgan fingerprint density at radius 3 is 2.45 bits per heavy atom. The molecule has 0 bridgehead atoms. The molecule has 5 rings (SSSR count). The van der Waals surface area contributed by atoms with Gasteiger partial charge in [-0.3, -0.25) is 4.79 Å². The normalized spacial score (nSPS) is 19.5. The number of nitrogens with zero attached hydrogens (tertiary/aromatic N) is 4. The Balaban J connectivity index is 0.00000220. The van der Waals surface area contributed by atoms with Crippen LogP contribution in [0.2, 0.25) is 0 Å². The van der Waals surface area contributed by atoms with Crippen LogP contribution in [-0.2, 0) is 6.18 Å². The summed E-state index contributed by atoms with van der Waals surface area (Å²) in [6.45, 7) is 0.498. The Morgan fingerprint density at radius 1 is 1.02 bits per heavy atom. The van der Waals surface area contributed by atoms with E-state index in [1.807, 2.05) is 6.33 Å². The third kappa shape index (κ3) is 7.46. The van der Waals surface area contributed by atoms with Gasteiger partial charge in [0.2, 0.25) is 5.95 Å². The molecule has 1 aromatic carbocycles. The lowest BCUT2D eigenvalue weighted by Gasteiger charge is -2.27. The number of fused-ring (bicyclic) bond motifs is 1. The van der Waals surface area contributed by atoms with E-state index in [-0.39, 0.29) is 49.0 Å². The van der Waals surface area contributed by atoms with E-state index in [2.05, 4.69) is 30.5 Å². The van der Waals surface area contributed by atoms with Crippen LogP contribution < -0.4 is 21.7 Å². The highest BCUT2D eigenvalue weighted by atomic mass is 35.5. The largest absolute Gasteiger partial charge is 0.416 e. The van der Waals surface area contributed by atoms with E-state index in [0.29, 0.717) is 29.9 Å². The maximum atomic E-state index is 13.0. The number of nitrogens with two attached hydrogens (primary N) is 1. The Morgan fingerprint density at radius 2 is 1.75 bits per heavy atom. The van der Waals surface area contributed by atoms with E-state index in [4.69, 9.17) is 10.7 Å². The number of hydrogen-bond donors (Lipinski definition) is 4. The lowest BCUT2D eigenvalue weighted by Crippen LogP contribution is -2.33. The van der Waals surface area contributed by atoms with Gasteiger partial charge in [0.05, 0.1) is 11.9 Å². The number of anilines is 2. The molecular weight excluding hydrogens is 568 g/mol. The molecule has 2 aliphatic rings. The Labute approximate surface area is 243 Å². The minimum Gasteiger partial charge on any atom is -0.366 e. The first-order valence-electron chi connectivity index (χ1n) is 13.2. The summed E-state index contributed by atoms with van der Waals surface area (Å²) in [4.78, 5) is 26.5. The Bertz CT molecular complexity index is 1270. The molecule has 1 amide bonds. The molecule has 2 fully saturated rings. The second-order valence-electron chi connectivity index (χ2n) is 10.2. The molecule has 0 atom stereocenters. The van der Waals surface area contributed by atoms with Crippen LogP contribution in [0.3, 0.4) is 0 Å². The molecule has 220 valence electrons. The Hall–Kier alpha value is -2.83. The van der Waals surface area contributed by atoms with E-state index in [1.165, 1.54) is 25.0 Å². The summed E-state index contributed by atoms with van der Waals surface area (Å²) in [6.07, 6.45) is 5.66. The molecule has 14 heteroatoms. The Kier molecular flexibility index (Phi) is 10.8. The van der Waals surface area contributed by atoms with E-state index in [9.17, 15) is 18.0 Å². The molecule has 0 spiro atoms. The number of rotatable bonds is 8. The van der Waals surface area contributed by atoms with Crippen LogP contribution in [0.5, 0.6) is 0 Å². The molecule has 40 heavy (non-hydrogen) atoms. The van der Waals surface area contributed by atoms with Crippen molar-refractivity contribution in [1.82, 2.24) is 24.8 Å². The van der Waals surface area contributed by atoms with Gasteiger partial charge >= 0.3 is 6.18 Å². The first kappa shape index (κ1) is 31.7. The van der Waals surface area contributed by atoms with Crippen LogP contribution in [0.15, 0.2) is 30.6 Å². The third-order valence-electron chi connectivity index (χ3n) is 7.40. The molecule has 2 aliphatic carbocycles. The molecule has 3 aromatic rings. The summed E-state index contributed by atoms with van der Waals surface area (Å²) < 4.78 is 41.1. The standard InChI is InChI=1S/C26H33F3N8O.2ClH/c27-26(28,29)17-5-3-4-16(14-17)24(38)32-13-12-31-22-21-23(37(15-33-21)20-6-1-2-7-20)36-25(35-22)34-19-10-8-18(30)9-11-19;;/h3-5,14-15,18-20H,1-2,6-13,30H2,(H,32,38)(H2,31,34,35,36);2*1H/t18-,19-;;. The number of carbonyl (C=O) groups is 1. The van der Waals surface area contributed by atoms with Gasteiger partial charge in [0.1, 0.15) is 0 Å². The smallest absolute Gasteiger partial charge is 0.366 e. The fourth-order valence-corrected chi connectivity index (χ4v) is 5.30. The summed E-state index contributed by atoms with van der Waals surface area (Å²) in [5, 5.41) is 9.37. The van der Waals surface area contributed by atoms with Crippen molar-refractivity contribution in [2.75, 3.05) is 23.7 Å². The molecule has 9 nitrogen and oxygen atoms in total. The van der Waals surface area contributed by atoms with Crippen molar-refractivity contribution >= 4 is 53.7 Å². The second-order valence-corrected chi connectivity index (χ2v) is 10.2. The van der Waals surface area contributed by atoms with Gasteiger partial charge in [-0.1, -0.05) is 18.9 Å².